The first-order chi connectivity index (χ1) is 13.4. The molecular weight excluding hydrogens is 381 g/mol. The molecule has 0 amide bonds. The Morgan fingerprint density at radius 2 is 1.32 bits per heavy atom. The second-order valence-corrected chi connectivity index (χ2v) is 8.15. The van der Waals surface area contributed by atoms with Gasteiger partial charge in [0.1, 0.15) is 5.82 Å². The van der Waals surface area contributed by atoms with Gasteiger partial charge in [-0.1, -0.05) is 42.5 Å². The van der Waals surface area contributed by atoms with E-state index in [2.05, 4.69) is 0 Å². The number of halogens is 1. The molecule has 0 aliphatic carbocycles. The minimum atomic E-state index is -3.81. The standard InChI is InChI=1S/C21H18FNO4S/c22-19-12-8-17(9-13-19)15-23(28(26,27)20-4-2-1-3-5-20)14-16-6-10-18(11-7-16)21(24)25/h1-13H,14-15H2,(H,24,25). The lowest BCUT2D eigenvalue weighted by Gasteiger charge is -2.22. The van der Waals surface area contributed by atoms with E-state index in [1.165, 1.54) is 52.8 Å². The molecule has 0 radical (unpaired) electrons. The average Bonchev–Trinajstić information content (AvgIpc) is 2.70. The number of benzene rings is 3. The van der Waals surface area contributed by atoms with Crippen molar-refractivity contribution in [3.63, 3.8) is 0 Å². The van der Waals surface area contributed by atoms with Gasteiger partial charge in [-0.15, -0.1) is 0 Å². The van der Waals surface area contributed by atoms with Gasteiger partial charge < -0.3 is 5.11 Å². The van der Waals surface area contributed by atoms with E-state index in [0.29, 0.717) is 11.1 Å². The molecule has 0 aliphatic rings. The Morgan fingerprint density at radius 3 is 1.82 bits per heavy atom. The Labute approximate surface area is 162 Å². The van der Waals surface area contributed by atoms with Gasteiger partial charge in [0.15, 0.2) is 0 Å². The fraction of sp³-hybridized carbons (Fsp3) is 0.0952. The molecule has 1 N–H and O–H groups in total. The summed E-state index contributed by atoms with van der Waals surface area (Å²) in [6, 6.07) is 19.7. The zero-order valence-electron chi connectivity index (χ0n) is 14.8. The molecule has 28 heavy (non-hydrogen) atoms. The average molecular weight is 399 g/mol. The number of rotatable bonds is 7. The summed E-state index contributed by atoms with van der Waals surface area (Å²) in [5, 5.41) is 9.02. The molecule has 7 heteroatoms. The first kappa shape index (κ1) is 19.7. The predicted molar refractivity (Wildman–Crippen MR) is 103 cm³/mol. The smallest absolute Gasteiger partial charge is 0.335 e. The van der Waals surface area contributed by atoms with Crippen molar-refractivity contribution in [1.82, 2.24) is 4.31 Å². The highest BCUT2D eigenvalue weighted by atomic mass is 32.2. The van der Waals surface area contributed by atoms with Crippen LogP contribution in [0.4, 0.5) is 4.39 Å². The largest absolute Gasteiger partial charge is 0.478 e. The minimum Gasteiger partial charge on any atom is -0.478 e. The summed E-state index contributed by atoms with van der Waals surface area (Å²) in [6.45, 7) is 0.104. The number of carbonyl (C=O) groups is 1. The first-order valence-corrected chi connectivity index (χ1v) is 9.92. The Morgan fingerprint density at radius 1 is 0.821 bits per heavy atom. The van der Waals surface area contributed by atoms with Crippen molar-refractivity contribution in [3.8, 4) is 0 Å². The van der Waals surface area contributed by atoms with Crippen LogP contribution in [0.5, 0.6) is 0 Å². The van der Waals surface area contributed by atoms with Crippen LogP contribution in [-0.2, 0) is 23.1 Å². The SMILES string of the molecule is O=C(O)c1ccc(CN(Cc2ccc(F)cc2)S(=O)(=O)c2ccccc2)cc1. The van der Waals surface area contributed by atoms with E-state index in [9.17, 15) is 17.6 Å². The van der Waals surface area contributed by atoms with Crippen LogP contribution in [0.3, 0.4) is 0 Å². The summed E-state index contributed by atoms with van der Waals surface area (Å²) >= 11 is 0. The van der Waals surface area contributed by atoms with E-state index in [-0.39, 0.29) is 23.5 Å². The maximum Gasteiger partial charge on any atom is 0.335 e. The third kappa shape index (κ3) is 4.62. The molecule has 0 aromatic heterocycles. The highest BCUT2D eigenvalue weighted by Gasteiger charge is 2.25. The van der Waals surface area contributed by atoms with Crippen LogP contribution in [0.1, 0.15) is 21.5 Å². The molecule has 3 aromatic carbocycles. The number of carboxylic acid groups (broad SMARTS) is 1. The van der Waals surface area contributed by atoms with Crippen LogP contribution < -0.4 is 0 Å². The lowest BCUT2D eigenvalue weighted by molar-refractivity contribution is 0.0697. The zero-order chi connectivity index (χ0) is 20.1. The number of hydrogen-bond acceptors (Lipinski definition) is 3. The van der Waals surface area contributed by atoms with Gasteiger partial charge >= 0.3 is 5.97 Å². The van der Waals surface area contributed by atoms with Gasteiger partial charge in [0.05, 0.1) is 10.5 Å². The van der Waals surface area contributed by atoms with Crippen molar-refractivity contribution in [2.45, 2.75) is 18.0 Å². The monoisotopic (exact) mass is 399 g/mol. The molecule has 0 saturated heterocycles. The van der Waals surface area contributed by atoms with Crippen molar-refractivity contribution in [1.29, 1.82) is 0 Å². The summed E-state index contributed by atoms with van der Waals surface area (Å²) in [5.74, 6) is -1.45. The fourth-order valence-electron chi connectivity index (χ4n) is 2.72. The summed E-state index contributed by atoms with van der Waals surface area (Å²) in [7, 11) is -3.81. The van der Waals surface area contributed by atoms with Gasteiger partial charge in [0.2, 0.25) is 10.0 Å². The number of nitrogens with zero attached hydrogens (tertiary/aromatic N) is 1. The van der Waals surface area contributed by atoms with E-state index in [4.69, 9.17) is 5.11 Å². The topological polar surface area (TPSA) is 74.7 Å². The fourth-order valence-corrected chi connectivity index (χ4v) is 4.15. The summed E-state index contributed by atoms with van der Waals surface area (Å²) in [6.07, 6.45) is 0. The molecule has 5 nitrogen and oxygen atoms in total. The lowest BCUT2D eigenvalue weighted by atomic mass is 10.1. The summed E-state index contributed by atoms with van der Waals surface area (Å²) < 4.78 is 40.8. The number of hydrogen-bond donors (Lipinski definition) is 1. The Kier molecular flexibility index (Phi) is 5.87. The molecule has 144 valence electrons. The van der Waals surface area contributed by atoms with Crippen LogP contribution in [-0.4, -0.2) is 23.8 Å². The van der Waals surface area contributed by atoms with E-state index in [1.54, 1.807) is 30.3 Å². The summed E-state index contributed by atoms with van der Waals surface area (Å²) in [4.78, 5) is 11.2. The van der Waals surface area contributed by atoms with Crippen molar-refractivity contribution >= 4 is 16.0 Å². The van der Waals surface area contributed by atoms with E-state index >= 15 is 0 Å². The molecule has 0 bridgehead atoms. The lowest BCUT2D eigenvalue weighted by Crippen LogP contribution is -2.30. The number of carboxylic acids is 1. The van der Waals surface area contributed by atoms with Crippen molar-refractivity contribution < 1.29 is 22.7 Å². The molecule has 0 unspecified atom stereocenters. The molecule has 0 heterocycles. The molecule has 3 aromatic rings. The minimum absolute atomic E-state index is 0.0501. The van der Waals surface area contributed by atoms with Gasteiger partial charge in [0.25, 0.3) is 0 Å². The maximum absolute atomic E-state index is 13.2. The molecule has 3 rings (SSSR count). The van der Waals surface area contributed by atoms with Crippen LogP contribution >= 0.6 is 0 Å². The zero-order valence-corrected chi connectivity index (χ0v) is 15.6. The Hall–Kier alpha value is -3.03. The molecule has 0 spiro atoms. The summed E-state index contributed by atoms with van der Waals surface area (Å²) in [5.41, 5.74) is 1.41. The molecule has 0 atom stereocenters. The van der Waals surface area contributed by atoms with Crippen LogP contribution in [0, 0.1) is 5.82 Å². The maximum atomic E-state index is 13.2. The second-order valence-electron chi connectivity index (χ2n) is 6.21. The van der Waals surface area contributed by atoms with E-state index in [1.807, 2.05) is 0 Å². The third-order valence-corrected chi connectivity index (χ3v) is 6.02. The highest BCUT2D eigenvalue weighted by Crippen LogP contribution is 2.21. The first-order valence-electron chi connectivity index (χ1n) is 8.48. The molecule has 0 aliphatic heterocycles. The van der Waals surface area contributed by atoms with Crippen LogP contribution in [0.15, 0.2) is 83.8 Å². The third-order valence-electron chi connectivity index (χ3n) is 4.21. The van der Waals surface area contributed by atoms with Crippen molar-refractivity contribution in [2.75, 3.05) is 0 Å². The van der Waals surface area contributed by atoms with Gasteiger partial charge in [0, 0.05) is 13.1 Å². The Bertz CT molecular complexity index is 1050. The van der Waals surface area contributed by atoms with Crippen molar-refractivity contribution in [3.05, 3.63) is 101 Å². The van der Waals surface area contributed by atoms with Crippen LogP contribution in [0.25, 0.3) is 0 Å². The van der Waals surface area contributed by atoms with Crippen LogP contribution in [0.2, 0.25) is 0 Å². The normalized spacial score (nSPS) is 11.5. The van der Waals surface area contributed by atoms with Gasteiger partial charge in [-0.3, -0.25) is 0 Å². The quantitative estimate of drug-likeness (QED) is 0.654. The van der Waals surface area contributed by atoms with Gasteiger partial charge in [-0.25, -0.2) is 17.6 Å². The number of sulfonamides is 1. The second kappa shape index (κ2) is 8.33. The van der Waals surface area contributed by atoms with E-state index in [0.717, 1.165) is 0 Å². The molecule has 0 saturated carbocycles. The highest BCUT2D eigenvalue weighted by molar-refractivity contribution is 7.89. The number of aromatic carboxylic acids is 1. The van der Waals surface area contributed by atoms with E-state index < -0.39 is 21.8 Å². The molecule has 0 fully saturated rings. The predicted octanol–water partition coefficient (Wildman–Crippen LogP) is 3.92. The van der Waals surface area contributed by atoms with Gasteiger partial charge in [-0.05, 0) is 47.5 Å². The Balaban J connectivity index is 1.94. The van der Waals surface area contributed by atoms with Gasteiger partial charge in [-0.2, -0.15) is 4.31 Å². The molecular formula is C21H18FNO4S. The van der Waals surface area contributed by atoms with Crippen molar-refractivity contribution in [2.24, 2.45) is 0 Å².